The predicted octanol–water partition coefficient (Wildman–Crippen LogP) is 2.75. The molecule has 0 unspecified atom stereocenters. The SMILES string of the molecule is CCCC(=O)N1CCN(c2nc3c(OC)cccc3s2)CC1. The van der Waals surface area contributed by atoms with E-state index in [1.54, 1.807) is 18.4 Å². The second-order valence-electron chi connectivity index (χ2n) is 5.42. The van der Waals surface area contributed by atoms with Crippen molar-refractivity contribution >= 4 is 32.6 Å². The molecule has 0 radical (unpaired) electrons. The van der Waals surface area contributed by atoms with E-state index in [1.807, 2.05) is 24.0 Å². The summed E-state index contributed by atoms with van der Waals surface area (Å²) < 4.78 is 6.51. The van der Waals surface area contributed by atoms with Crippen molar-refractivity contribution in [3.63, 3.8) is 0 Å². The number of rotatable bonds is 4. The maximum absolute atomic E-state index is 11.9. The number of benzene rings is 1. The summed E-state index contributed by atoms with van der Waals surface area (Å²) in [6.45, 7) is 5.30. The second kappa shape index (κ2) is 6.52. The van der Waals surface area contributed by atoms with Crippen LogP contribution in [-0.4, -0.2) is 49.1 Å². The maximum atomic E-state index is 11.9. The zero-order valence-electron chi connectivity index (χ0n) is 13.0. The molecule has 2 heterocycles. The van der Waals surface area contributed by atoms with Crippen LogP contribution in [0.15, 0.2) is 18.2 Å². The molecule has 0 bridgehead atoms. The average Bonchev–Trinajstić information content (AvgIpc) is 2.99. The third-order valence-electron chi connectivity index (χ3n) is 3.96. The number of hydrogen-bond acceptors (Lipinski definition) is 5. The van der Waals surface area contributed by atoms with Gasteiger partial charge in [0.05, 0.1) is 11.8 Å². The van der Waals surface area contributed by atoms with Gasteiger partial charge in [0, 0.05) is 32.6 Å². The number of piperazine rings is 1. The van der Waals surface area contributed by atoms with Crippen molar-refractivity contribution in [2.24, 2.45) is 0 Å². The van der Waals surface area contributed by atoms with Gasteiger partial charge in [-0.15, -0.1) is 0 Å². The van der Waals surface area contributed by atoms with Gasteiger partial charge in [0.15, 0.2) is 5.13 Å². The molecular weight excluding hydrogens is 298 g/mol. The van der Waals surface area contributed by atoms with Crippen LogP contribution in [0.25, 0.3) is 10.2 Å². The first-order chi connectivity index (χ1) is 10.7. The van der Waals surface area contributed by atoms with E-state index in [0.29, 0.717) is 6.42 Å². The van der Waals surface area contributed by atoms with E-state index < -0.39 is 0 Å². The van der Waals surface area contributed by atoms with E-state index in [4.69, 9.17) is 9.72 Å². The number of para-hydroxylation sites is 1. The molecule has 0 N–H and O–H groups in total. The van der Waals surface area contributed by atoms with Gasteiger partial charge < -0.3 is 14.5 Å². The molecule has 3 rings (SSSR count). The number of fused-ring (bicyclic) bond motifs is 1. The summed E-state index contributed by atoms with van der Waals surface area (Å²) in [5.41, 5.74) is 0.925. The number of nitrogens with zero attached hydrogens (tertiary/aromatic N) is 3. The van der Waals surface area contributed by atoms with Crippen molar-refractivity contribution in [1.82, 2.24) is 9.88 Å². The van der Waals surface area contributed by atoms with Crippen molar-refractivity contribution in [3.8, 4) is 5.75 Å². The van der Waals surface area contributed by atoms with E-state index in [1.165, 1.54) is 0 Å². The number of amides is 1. The molecule has 0 spiro atoms. The van der Waals surface area contributed by atoms with E-state index in [2.05, 4.69) is 11.0 Å². The first kappa shape index (κ1) is 15.1. The summed E-state index contributed by atoms with van der Waals surface area (Å²) in [4.78, 5) is 20.9. The molecule has 1 aliphatic heterocycles. The van der Waals surface area contributed by atoms with Crippen LogP contribution in [0.5, 0.6) is 5.75 Å². The molecule has 0 aliphatic carbocycles. The zero-order valence-corrected chi connectivity index (χ0v) is 13.9. The highest BCUT2D eigenvalue weighted by molar-refractivity contribution is 7.22. The van der Waals surface area contributed by atoms with Crippen molar-refractivity contribution in [3.05, 3.63) is 18.2 Å². The number of aromatic nitrogens is 1. The van der Waals surface area contributed by atoms with Gasteiger partial charge in [-0.25, -0.2) is 4.98 Å². The minimum absolute atomic E-state index is 0.271. The Kier molecular flexibility index (Phi) is 4.47. The van der Waals surface area contributed by atoms with Gasteiger partial charge in [0.1, 0.15) is 11.3 Å². The Balaban J connectivity index is 1.72. The van der Waals surface area contributed by atoms with E-state index in [-0.39, 0.29) is 5.91 Å². The number of hydrogen-bond donors (Lipinski definition) is 0. The molecule has 5 nitrogen and oxygen atoms in total. The quantitative estimate of drug-likeness (QED) is 0.869. The standard InChI is InChI=1S/C16H21N3O2S/c1-3-5-14(20)18-8-10-19(11-9-18)16-17-15-12(21-2)6-4-7-13(15)22-16/h4,6-7H,3,5,8-11H2,1-2H3. The highest BCUT2D eigenvalue weighted by Crippen LogP contribution is 2.34. The number of carbonyl (C=O) groups is 1. The van der Waals surface area contributed by atoms with Crippen LogP contribution in [0.4, 0.5) is 5.13 Å². The van der Waals surface area contributed by atoms with Crippen molar-refractivity contribution in [2.75, 3.05) is 38.2 Å². The number of thiazole rings is 1. The fourth-order valence-corrected chi connectivity index (χ4v) is 3.77. The molecule has 1 aromatic carbocycles. The Morgan fingerprint density at radius 2 is 2.09 bits per heavy atom. The largest absolute Gasteiger partial charge is 0.494 e. The summed E-state index contributed by atoms with van der Waals surface area (Å²) >= 11 is 1.68. The molecular formula is C16H21N3O2S. The lowest BCUT2D eigenvalue weighted by atomic mass is 10.2. The monoisotopic (exact) mass is 319 g/mol. The van der Waals surface area contributed by atoms with Crippen LogP contribution in [-0.2, 0) is 4.79 Å². The van der Waals surface area contributed by atoms with Crippen molar-refractivity contribution in [2.45, 2.75) is 19.8 Å². The number of ether oxygens (including phenoxy) is 1. The normalized spacial score (nSPS) is 15.4. The van der Waals surface area contributed by atoms with E-state index in [0.717, 1.165) is 53.7 Å². The summed E-state index contributed by atoms with van der Waals surface area (Å²) in [5.74, 6) is 1.09. The topological polar surface area (TPSA) is 45.7 Å². The highest BCUT2D eigenvalue weighted by atomic mass is 32.1. The van der Waals surface area contributed by atoms with Gasteiger partial charge in [0.2, 0.25) is 5.91 Å². The van der Waals surface area contributed by atoms with E-state index >= 15 is 0 Å². The summed E-state index contributed by atoms with van der Waals surface area (Å²) in [5, 5.41) is 1.02. The van der Waals surface area contributed by atoms with Crippen LogP contribution >= 0.6 is 11.3 Å². The lowest BCUT2D eigenvalue weighted by Crippen LogP contribution is -2.48. The lowest BCUT2D eigenvalue weighted by molar-refractivity contribution is -0.131. The van der Waals surface area contributed by atoms with Gasteiger partial charge in [-0.05, 0) is 18.6 Å². The molecule has 22 heavy (non-hydrogen) atoms. The molecule has 118 valence electrons. The van der Waals surface area contributed by atoms with Crippen molar-refractivity contribution in [1.29, 1.82) is 0 Å². The van der Waals surface area contributed by atoms with Gasteiger partial charge in [-0.2, -0.15) is 0 Å². The predicted molar refractivity (Wildman–Crippen MR) is 89.9 cm³/mol. The number of anilines is 1. The van der Waals surface area contributed by atoms with Crippen LogP contribution in [0.2, 0.25) is 0 Å². The first-order valence-electron chi connectivity index (χ1n) is 7.69. The summed E-state index contributed by atoms with van der Waals surface area (Å²) in [7, 11) is 1.67. The van der Waals surface area contributed by atoms with Crippen LogP contribution < -0.4 is 9.64 Å². The van der Waals surface area contributed by atoms with Gasteiger partial charge >= 0.3 is 0 Å². The Hall–Kier alpha value is -1.82. The maximum Gasteiger partial charge on any atom is 0.222 e. The van der Waals surface area contributed by atoms with Crippen LogP contribution in [0.1, 0.15) is 19.8 Å². The molecule has 0 saturated carbocycles. The first-order valence-corrected chi connectivity index (χ1v) is 8.51. The fraction of sp³-hybridized carbons (Fsp3) is 0.500. The van der Waals surface area contributed by atoms with Crippen LogP contribution in [0, 0.1) is 0 Å². The second-order valence-corrected chi connectivity index (χ2v) is 6.43. The molecule has 1 aliphatic rings. The molecule has 1 saturated heterocycles. The zero-order chi connectivity index (χ0) is 15.5. The Morgan fingerprint density at radius 1 is 1.32 bits per heavy atom. The van der Waals surface area contributed by atoms with Crippen molar-refractivity contribution < 1.29 is 9.53 Å². The Morgan fingerprint density at radius 3 is 2.77 bits per heavy atom. The van der Waals surface area contributed by atoms with Gasteiger partial charge in [-0.1, -0.05) is 24.3 Å². The lowest BCUT2D eigenvalue weighted by Gasteiger charge is -2.34. The Bertz CT molecular complexity index is 662. The van der Waals surface area contributed by atoms with Gasteiger partial charge in [0.25, 0.3) is 0 Å². The van der Waals surface area contributed by atoms with Gasteiger partial charge in [-0.3, -0.25) is 4.79 Å². The molecule has 6 heteroatoms. The third-order valence-corrected chi connectivity index (χ3v) is 5.04. The molecule has 1 fully saturated rings. The van der Waals surface area contributed by atoms with Crippen LogP contribution in [0.3, 0.4) is 0 Å². The average molecular weight is 319 g/mol. The third kappa shape index (κ3) is 2.88. The molecule has 1 aromatic heterocycles. The molecule has 1 amide bonds. The molecule has 2 aromatic rings. The minimum Gasteiger partial charge on any atom is -0.494 e. The number of carbonyl (C=O) groups excluding carboxylic acids is 1. The molecule has 0 atom stereocenters. The highest BCUT2D eigenvalue weighted by Gasteiger charge is 2.22. The Labute approximate surface area is 134 Å². The summed E-state index contributed by atoms with van der Waals surface area (Å²) in [6.07, 6.45) is 1.56. The smallest absolute Gasteiger partial charge is 0.222 e. The number of methoxy groups -OCH3 is 1. The van der Waals surface area contributed by atoms with E-state index in [9.17, 15) is 4.79 Å². The minimum atomic E-state index is 0.271. The summed E-state index contributed by atoms with van der Waals surface area (Å²) in [6, 6.07) is 6.00. The fourth-order valence-electron chi connectivity index (χ4n) is 2.73.